The summed E-state index contributed by atoms with van der Waals surface area (Å²) in [5.74, 6) is 0. The average Bonchev–Trinajstić information content (AvgIpc) is 4.20. The zero-order chi connectivity index (χ0) is 41.7. The maximum atomic E-state index is 16.1. The summed E-state index contributed by atoms with van der Waals surface area (Å²) in [6.45, 7) is -0.314. The highest BCUT2D eigenvalue weighted by Gasteiger charge is 2.57. The quantitative estimate of drug-likeness (QED) is 0.121. The van der Waals surface area contributed by atoms with Gasteiger partial charge >= 0.3 is 6.09 Å². The number of nitrogens with zero attached hydrogens (tertiary/aromatic N) is 1. The van der Waals surface area contributed by atoms with Crippen LogP contribution < -0.4 is 0 Å². The molecule has 294 valence electrons. The summed E-state index contributed by atoms with van der Waals surface area (Å²) in [7, 11) is 0. The van der Waals surface area contributed by atoms with Crippen LogP contribution in [-0.2, 0) is 4.74 Å². The fourth-order valence-corrected chi connectivity index (χ4v) is 23.6. The van der Waals surface area contributed by atoms with Gasteiger partial charge in [0.1, 0.15) is 6.61 Å². The summed E-state index contributed by atoms with van der Waals surface area (Å²) in [6, 6.07) is -0.751. The Balaban J connectivity index is 1.17. The molecule has 0 aromatic heterocycles. The topological polar surface area (TPSA) is 29.5 Å². The van der Waals surface area contributed by atoms with E-state index < -0.39 is 3.79 Å². The third-order valence-electron chi connectivity index (χ3n) is 23.6. The second-order valence-corrected chi connectivity index (χ2v) is 26.8. The van der Waals surface area contributed by atoms with Gasteiger partial charge in [-0.25, -0.2) is 4.79 Å². The van der Waals surface area contributed by atoms with E-state index in [1.807, 2.05) is 0 Å². The standard InChI is InChI=1S/C63H4Cl3NO2/c64-63(65,66)1-69-62(68)67-60-56-48-40-30-20-12-4-2-3-6-10-8(4)16-24-18(10)28-22-14(6)15-7(3)11-9-5(2)13(12)21-27-17(9)25-19(11)29-23(15)33-32(22)42-36(28)46-38(24)44(34(40)26(16)20)52(56)54(46)58-50(42)51-43(33)37(29)47-39(25)45-35(27)41(31(21)30)49(48)57(60)53(45)55(47)59(51)61(58)67/h60-61H,1H2. The number of rotatable bonds is 1. The predicted molar refractivity (Wildman–Crippen MR) is 289 cm³/mol. The minimum atomic E-state index is -1.75. The number of alkyl halides is 3. The first kappa shape index (κ1) is 27.0. The van der Waals surface area contributed by atoms with Crippen LogP contribution in [0.3, 0.4) is 0 Å². The maximum Gasteiger partial charge on any atom is 0.411 e. The zero-order valence-electron chi connectivity index (χ0n) is 34.3. The molecular formula is C63H4Cl3NO2. The van der Waals surface area contributed by atoms with Crippen molar-refractivity contribution >= 4 is 332 Å². The minimum absolute atomic E-state index is 0.314. The van der Waals surface area contributed by atoms with Gasteiger partial charge < -0.3 is 4.74 Å². The number of amides is 1. The molecule has 3 nitrogen and oxygen atoms in total. The van der Waals surface area contributed by atoms with E-state index in [1.165, 1.54) is 162 Å². The Morgan fingerprint density at radius 1 is 0.275 bits per heavy atom. The number of halogens is 3. The van der Waals surface area contributed by atoms with E-state index in [2.05, 4.69) is 4.90 Å². The first-order chi connectivity index (χ1) is 34.0. The minimum Gasteiger partial charge on any atom is -0.445 e. The molecule has 0 spiro atoms. The lowest BCUT2D eigenvalue weighted by atomic mass is 9.88. The Labute approximate surface area is 388 Å². The molecule has 28 aromatic rings. The lowest BCUT2D eigenvalue weighted by Crippen LogP contribution is -2.38. The first-order valence-electron chi connectivity index (χ1n) is 24.8. The SMILES string of the molecule is O=C(OCC(Cl)(Cl)Cl)N1C2c3c4c5c6c7c8c(c9c%10c2c2c3c3c%11c4c4c5c5c7c7c%12c8c8c9c9c%10c%10c2c2c3c3c%11c%11c4c4c5c7c5c7c%12c8c8c9c9c%10c2c2c3c3c%11c4c5c4c7c8c9c2c34)C61. The normalized spacial score (nSPS) is 20.2. The van der Waals surface area contributed by atoms with E-state index in [-0.39, 0.29) is 24.8 Å². The van der Waals surface area contributed by atoms with Gasteiger partial charge in [0.2, 0.25) is 3.79 Å². The molecule has 0 saturated carbocycles. The van der Waals surface area contributed by atoms with E-state index in [4.69, 9.17) is 39.5 Å². The average molecular weight is 913 g/mol. The number of ether oxygens (including phenoxy) is 1. The fraction of sp³-hybridized carbons (Fsp3) is 0.0635. The van der Waals surface area contributed by atoms with Crippen molar-refractivity contribution in [1.29, 1.82) is 0 Å². The summed E-state index contributed by atoms with van der Waals surface area (Å²) >= 11 is 19.6. The molecule has 0 unspecified atom stereocenters. The van der Waals surface area contributed by atoms with Crippen LogP contribution in [0.25, 0.3) is 291 Å². The third kappa shape index (κ3) is 1.55. The van der Waals surface area contributed by atoms with E-state index in [0.717, 1.165) is 0 Å². The van der Waals surface area contributed by atoms with E-state index in [1.54, 1.807) is 151 Å². The van der Waals surface area contributed by atoms with Gasteiger partial charge in [0.15, 0.2) is 0 Å². The van der Waals surface area contributed by atoms with E-state index >= 15 is 4.79 Å². The molecule has 2 aliphatic heterocycles. The molecule has 0 saturated heterocycles. The van der Waals surface area contributed by atoms with Crippen LogP contribution in [0, 0.1) is 0 Å². The highest BCUT2D eigenvalue weighted by molar-refractivity contribution is 6.82. The lowest BCUT2D eigenvalue weighted by molar-refractivity contribution is 0.0842. The van der Waals surface area contributed by atoms with Gasteiger partial charge in [-0.2, -0.15) is 0 Å². The molecule has 32 rings (SSSR count). The van der Waals surface area contributed by atoms with E-state index in [9.17, 15) is 0 Å². The predicted octanol–water partition coefficient (Wildman–Crippen LogP) is 18.7. The number of hydrogen-bond acceptors (Lipinski definition) is 2. The number of carbonyl (C=O) groups is 1. The van der Waals surface area contributed by atoms with Gasteiger partial charge in [-0.15, -0.1) is 0 Å². The van der Waals surface area contributed by atoms with Crippen molar-refractivity contribution in [2.45, 2.75) is 15.9 Å². The van der Waals surface area contributed by atoms with Gasteiger partial charge in [0.25, 0.3) is 0 Å². The zero-order valence-corrected chi connectivity index (χ0v) is 36.5. The molecule has 0 N–H and O–H groups in total. The van der Waals surface area contributed by atoms with Gasteiger partial charge in [0.05, 0.1) is 12.1 Å². The summed E-state index contributed by atoms with van der Waals surface area (Å²) in [5.41, 5.74) is 5.38. The maximum absolute atomic E-state index is 16.1. The van der Waals surface area contributed by atoms with Crippen molar-refractivity contribution in [2.24, 2.45) is 0 Å². The number of carbonyl (C=O) groups excluding carboxylic acids is 1. The van der Waals surface area contributed by atoms with Crippen molar-refractivity contribution in [1.82, 2.24) is 4.90 Å². The second kappa shape index (κ2) is 6.18. The molecule has 69 heavy (non-hydrogen) atoms. The smallest absolute Gasteiger partial charge is 0.411 e. The molecule has 2 bridgehead atoms. The summed E-state index contributed by atoms with van der Waals surface area (Å²) < 4.78 is 4.70. The fourth-order valence-electron chi connectivity index (χ4n) is 23.4. The van der Waals surface area contributed by atoms with Gasteiger partial charge in [0, 0.05) is 0 Å². The van der Waals surface area contributed by atoms with Crippen LogP contribution in [0.1, 0.15) is 34.3 Å². The Kier molecular flexibility index (Phi) is 2.42. The van der Waals surface area contributed by atoms with Crippen LogP contribution in [0.5, 0.6) is 0 Å². The van der Waals surface area contributed by atoms with Crippen molar-refractivity contribution < 1.29 is 9.53 Å². The van der Waals surface area contributed by atoms with Gasteiger partial charge in [-0.1, -0.05) is 34.8 Å². The van der Waals surface area contributed by atoms with Crippen molar-refractivity contribution in [3.8, 4) is 0 Å². The van der Waals surface area contributed by atoms with Crippen molar-refractivity contribution in [2.75, 3.05) is 6.61 Å². The molecule has 0 atom stereocenters. The monoisotopic (exact) mass is 911 g/mol. The Bertz CT molecular complexity index is 6530. The highest BCUT2D eigenvalue weighted by Crippen LogP contribution is 2.81. The summed E-state index contributed by atoms with van der Waals surface area (Å²) in [6.07, 6.45) is -0.383. The molecule has 0 radical (unpaired) electrons. The largest absolute Gasteiger partial charge is 0.445 e. The molecule has 2 heterocycles. The molecule has 4 aliphatic rings. The van der Waals surface area contributed by atoms with Crippen LogP contribution in [0.4, 0.5) is 4.79 Å². The van der Waals surface area contributed by atoms with Gasteiger partial charge in [-0.3, -0.25) is 4.90 Å². The molecule has 6 heteroatoms. The van der Waals surface area contributed by atoms with Crippen LogP contribution in [0.15, 0.2) is 0 Å². The molecule has 28 aromatic carbocycles. The Hall–Kier alpha value is -7.40. The Morgan fingerprint density at radius 3 is 0.536 bits per heavy atom. The van der Waals surface area contributed by atoms with Crippen LogP contribution in [-0.4, -0.2) is 21.4 Å². The van der Waals surface area contributed by atoms with Gasteiger partial charge in [-0.05, 0) is 313 Å². The Morgan fingerprint density at radius 2 is 0.406 bits per heavy atom. The molecule has 2 aliphatic carbocycles. The highest BCUT2D eigenvalue weighted by atomic mass is 35.6. The number of hydrogen-bond donors (Lipinski definition) is 0. The third-order valence-corrected chi connectivity index (χ3v) is 24.0. The summed E-state index contributed by atoms with van der Waals surface area (Å²) in [4.78, 5) is 18.3. The molecular weight excluding hydrogens is 909 g/mol. The second-order valence-electron chi connectivity index (χ2n) is 24.3. The lowest BCUT2D eigenvalue weighted by Gasteiger charge is -2.35. The summed E-state index contributed by atoms with van der Waals surface area (Å²) in [5, 5.41) is 82.0. The van der Waals surface area contributed by atoms with Crippen LogP contribution in [0.2, 0.25) is 0 Å². The first-order valence-corrected chi connectivity index (χ1v) is 25.9. The van der Waals surface area contributed by atoms with Crippen LogP contribution >= 0.6 is 34.8 Å². The number of benzene rings is 18. The van der Waals surface area contributed by atoms with Crippen molar-refractivity contribution in [3.05, 3.63) is 22.3 Å². The van der Waals surface area contributed by atoms with Crippen molar-refractivity contribution in [3.63, 3.8) is 0 Å². The van der Waals surface area contributed by atoms with E-state index in [0.29, 0.717) is 0 Å². The molecule has 0 fully saturated rings. The molecule has 1 amide bonds.